The fraction of sp³-hybridized carbons (Fsp3) is 0.450. The first-order valence-electron chi connectivity index (χ1n) is 8.60. The van der Waals surface area contributed by atoms with Gasteiger partial charge in [-0.25, -0.2) is 0 Å². The summed E-state index contributed by atoms with van der Waals surface area (Å²) in [4.78, 5) is 12.0. The molecule has 6 nitrogen and oxygen atoms in total. The van der Waals surface area contributed by atoms with Crippen LogP contribution >= 0.6 is 0 Å². The number of aromatic hydroxyl groups is 2. The number of aliphatic hydroxyl groups is 1. The molecule has 26 heavy (non-hydrogen) atoms. The maximum atomic E-state index is 12.0. The van der Waals surface area contributed by atoms with E-state index in [0.717, 1.165) is 0 Å². The summed E-state index contributed by atoms with van der Waals surface area (Å²) in [6.07, 6.45) is 1.74. The third-order valence-corrected chi connectivity index (χ3v) is 3.99. The Morgan fingerprint density at radius 2 is 1.92 bits per heavy atom. The SMILES string of the molecule is CC(C)C(=O)OC(CCC(C)(C)O)c1coc(-c2cc(O)ccc2O)c1. The normalized spacial score (nSPS) is 13.0. The van der Waals surface area contributed by atoms with Crippen molar-refractivity contribution < 1.29 is 29.3 Å². The van der Waals surface area contributed by atoms with Crippen molar-refractivity contribution in [1.82, 2.24) is 0 Å². The molecule has 2 aromatic rings. The minimum Gasteiger partial charge on any atom is -0.508 e. The molecule has 0 aliphatic heterocycles. The monoisotopic (exact) mass is 362 g/mol. The van der Waals surface area contributed by atoms with Gasteiger partial charge in [-0.2, -0.15) is 0 Å². The molecule has 1 aromatic carbocycles. The van der Waals surface area contributed by atoms with Gasteiger partial charge in [0.2, 0.25) is 0 Å². The number of ether oxygens (including phenoxy) is 1. The van der Waals surface area contributed by atoms with Gasteiger partial charge < -0.3 is 24.5 Å². The van der Waals surface area contributed by atoms with Crippen LogP contribution in [0.3, 0.4) is 0 Å². The molecule has 0 amide bonds. The zero-order valence-electron chi connectivity index (χ0n) is 15.5. The second kappa shape index (κ2) is 7.83. The van der Waals surface area contributed by atoms with Crippen molar-refractivity contribution in [2.75, 3.05) is 0 Å². The van der Waals surface area contributed by atoms with Gasteiger partial charge in [-0.1, -0.05) is 13.8 Å². The highest BCUT2D eigenvalue weighted by atomic mass is 16.5. The molecule has 0 saturated heterocycles. The van der Waals surface area contributed by atoms with Crippen molar-refractivity contribution in [2.45, 2.75) is 52.2 Å². The molecular weight excluding hydrogens is 336 g/mol. The molecule has 2 rings (SSSR count). The average Bonchev–Trinajstić information content (AvgIpc) is 3.02. The third kappa shape index (κ3) is 5.26. The molecule has 1 aromatic heterocycles. The zero-order valence-corrected chi connectivity index (χ0v) is 15.5. The number of carbonyl (C=O) groups excluding carboxylic acids is 1. The number of benzene rings is 1. The lowest BCUT2D eigenvalue weighted by Gasteiger charge is -2.22. The Hall–Kier alpha value is -2.47. The lowest BCUT2D eigenvalue weighted by molar-refractivity contribution is -0.154. The van der Waals surface area contributed by atoms with Gasteiger partial charge in [0, 0.05) is 5.56 Å². The minimum absolute atomic E-state index is 0.000524. The van der Waals surface area contributed by atoms with E-state index in [4.69, 9.17) is 9.15 Å². The highest BCUT2D eigenvalue weighted by Gasteiger charge is 2.24. The van der Waals surface area contributed by atoms with Crippen molar-refractivity contribution in [2.24, 2.45) is 5.92 Å². The zero-order chi connectivity index (χ0) is 19.5. The predicted octanol–water partition coefficient (Wildman–Crippen LogP) is 4.15. The van der Waals surface area contributed by atoms with Crippen LogP contribution in [-0.4, -0.2) is 26.9 Å². The largest absolute Gasteiger partial charge is 0.508 e. The van der Waals surface area contributed by atoms with Crippen molar-refractivity contribution in [3.05, 3.63) is 36.1 Å². The number of furan rings is 1. The summed E-state index contributed by atoms with van der Waals surface area (Å²) in [6, 6.07) is 5.80. The van der Waals surface area contributed by atoms with E-state index in [2.05, 4.69) is 0 Å². The quantitative estimate of drug-likeness (QED) is 0.505. The van der Waals surface area contributed by atoms with Crippen LogP contribution in [0.5, 0.6) is 11.5 Å². The maximum Gasteiger partial charge on any atom is 0.308 e. The van der Waals surface area contributed by atoms with E-state index in [1.165, 1.54) is 24.5 Å². The van der Waals surface area contributed by atoms with Crippen LogP contribution in [0.25, 0.3) is 11.3 Å². The summed E-state index contributed by atoms with van der Waals surface area (Å²) in [5.74, 6) is -0.298. The van der Waals surface area contributed by atoms with Crippen LogP contribution in [0.2, 0.25) is 0 Å². The van der Waals surface area contributed by atoms with Gasteiger partial charge in [0.1, 0.15) is 23.4 Å². The van der Waals surface area contributed by atoms with Crippen LogP contribution < -0.4 is 0 Å². The van der Waals surface area contributed by atoms with E-state index in [1.807, 2.05) is 0 Å². The Kier molecular flexibility index (Phi) is 5.97. The third-order valence-electron chi connectivity index (χ3n) is 3.99. The molecular formula is C20H26O6. The second-order valence-electron chi connectivity index (χ2n) is 7.38. The van der Waals surface area contributed by atoms with Crippen LogP contribution in [0.4, 0.5) is 0 Å². The van der Waals surface area contributed by atoms with Crippen LogP contribution in [0.1, 0.15) is 52.2 Å². The summed E-state index contributed by atoms with van der Waals surface area (Å²) >= 11 is 0. The molecule has 1 unspecified atom stereocenters. The molecule has 6 heteroatoms. The summed E-state index contributed by atoms with van der Waals surface area (Å²) in [5, 5.41) is 29.6. The first-order chi connectivity index (χ1) is 12.1. The predicted molar refractivity (Wildman–Crippen MR) is 96.7 cm³/mol. The lowest BCUT2D eigenvalue weighted by Crippen LogP contribution is -2.22. The fourth-order valence-corrected chi connectivity index (χ4v) is 2.44. The molecule has 0 spiro atoms. The number of rotatable bonds is 7. The Balaban J connectivity index is 2.28. The topological polar surface area (TPSA) is 100 Å². The van der Waals surface area contributed by atoms with E-state index in [-0.39, 0.29) is 23.4 Å². The second-order valence-corrected chi connectivity index (χ2v) is 7.38. The average molecular weight is 362 g/mol. The van der Waals surface area contributed by atoms with Gasteiger partial charge in [-0.15, -0.1) is 0 Å². The molecule has 3 N–H and O–H groups in total. The van der Waals surface area contributed by atoms with E-state index in [9.17, 15) is 20.1 Å². The van der Waals surface area contributed by atoms with E-state index >= 15 is 0 Å². The number of carbonyl (C=O) groups is 1. The molecule has 142 valence electrons. The number of hydrogen-bond acceptors (Lipinski definition) is 6. The Labute approximate surface area is 153 Å². The van der Waals surface area contributed by atoms with Gasteiger partial charge in [0.15, 0.2) is 0 Å². The van der Waals surface area contributed by atoms with Crippen LogP contribution in [0, 0.1) is 5.92 Å². The van der Waals surface area contributed by atoms with Gasteiger partial charge in [-0.3, -0.25) is 4.79 Å². The van der Waals surface area contributed by atoms with Gasteiger partial charge in [0.05, 0.1) is 23.3 Å². The van der Waals surface area contributed by atoms with Crippen LogP contribution in [0.15, 0.2) is 34.9 Å². The molecule has 0 saturated carbocycles. The fourth-order valence-electron chi connectivity index (χ4n) is 2.44. The highest BCUT2D eigenvalue weighted by Crippen LogP contribution is 2.36. The van der Waals surface area contributed by atoms with Crippen molar-refractivity contribution >= 4 is 5.97 Å². The first kappa shape index (κ1) is 19.8. The molecule has 0 fully saturated rings. The summed E-state index contributed by atoms with van der Waals surface area (Å²) in [5.41, 5.74) is 0.0760. The van der Waals surface area contributed by atoms with E-state index < -0.39 is 11.7 Å². The lowest BCUT2D eigenvalue weighted by atomic mass is 9.97. The summed E-state index contributed by atoms with van der Waals surface area (Å²) in [6.45, 7) is 6.89. The van der Waals surface area contributed by atoms with Crippen molar-refractivity contribution in [3.63, 3.8) is 0 Å². The Morgan fingerprint density at radius 1 is 1.23 bits per heavy atom. The molecule has 1 atom stereocenters. The number of esters is 1. The molecule has 0 radical (unpaired) electrons. The Morgan fingerprint density at radius 3 is 2.54 bits per heavy atom. The number of phenols is 2. The molecule has 0 aliphatic rings. The smallest absolute Gasteiger partial charge is 0.308 e. The number of phenolic OH excluding ortho intramolecular Hbond substituents is 2. The Bertz CT molecular complexity index is 754. The standard InChI is InChI=1S/C20H26O6/c1-12(2)19(23)26-17(7-8-20(3,4)24)13-9-18(25-11-13)15-10-14(21)5-6-16(15)22/h5-6,9-12,17,21-22,24H,7-8H2,1-4H3. The van der Waals surface area contributed by atoms with Gasteiger partial charge >= 0.3 is 5.97 Å². The molecule has 0 aliphatic carbocycles. The van der Waals surface area contributed by atoms with E-state index in [0.29, 0.717) is 29.7 Å². The molecule has 1 heterocycles. The molecule has 0 bridgehead atoms. The summed E-state index contributed by atoms with van der Waals surface area (Å²) in [7, 11) is 0. The van der Waals surface area contributed by atoms with Crippen molar-refractivity contribution in [3.8, 4) is 22.8 Å². The summed E-state index contributed by atoms with van der Waals surface area (Å²) < 4.78 is 11.1. The first-order valence-corrected chi connectivity index (χ1v) is 8.60. The minimum atomic E-state index is -0.890. The number of hydrogen-bond donors (Lipinski definition) is 3. The van der Waals surface area contributed by atoms with Gasteiger partial charge in [0.25, 0.3) is 0 Å². The highest BCUT2D eigenvalue weighted by molar-refractivity contribution is 5.72. The van der Waals surface area contributed by atoms with Crippen molar-refractivity contribution in [1.29, 1.82) is 0 Å². The van der Waals surface area contributed by atoms with Gasteiger partial charge in [-0.05, 0) is 51.0 Å². The van der Waals surface area contributed by atoms with E-state index in [1.54, 1.807) is 33.8 Å². The van der Waals surface area contributed by atoms with Crippen LogP contribution in [-0.2, 0) is 9.53 Å². The maximum absolute atomic E-state index is 12.0.